The first-order valence-corrected chi connectivity index (χ1v) is 13.3. The Bertz CT molecular complexity index is 1180. The van der Waals surface area contributed by atoms with E-state index in [9.17, 15) is 21.6 Å². The summed E-state index contributed by atoms with van der Waals surface area (Å²) < 4.78 is 59.3. The van der Waals surface area contributed by atoms with Crippen LogP contribution in [0.5, 0.6) is 5.75 Å². The maximum absolute atomic E-state index is 12.9. The molecule has 2 N–H and O–H groups in total. The van der Waals surface area contributed by atoms with Crippen LogP contribution in [0.1, 0.15) is 10.4 Å². The monoisotopic (exact) mass is 496 g/mol. The SMILES string of the molecule is COc1ccc(S(=O)(=O)NCCNC(=O)c2cccc(S(=O)(=O)N3CCN(C)CC3)c2)cc1. The molecule has 0 bridgehead atoms. The molecule has 1 saturated heterocycles. The van der Waals surface area contributed by atoms with Crippen LogP contribution in [0.2, 0.25) is 0 Å². The van der Waals surface area contributed by atoms with Gasteiger partial charge < -0.3 is 15.0 Å². The first kappa shape index (κ1) is 25.1. The fourth-order valence-electron chi connectivity index (χ4n) is 3.28. The molecule has 0 radical (unpaired) electrons. The van der Waals surface area contributed by atoms with Crippen LogP contribution in [0.3, 0.4) is 0 Å². The van der Waals surface area contributed by atoms with Crippen molar-refractivity contribution in [3.8, 4) is 5.75 Å². The van der Waals surface area contributed by atoms with Crippen molar-refractivity contribution in [2.24, 2.45) is 0 Å². The van der Waals surface area contributed by atoms with Gasteiger partial charge in [-0.05, 0) is 49.5 Å². The summed E-state index contributed by atoms with van der Waals surface area (Å²) in [5.41, 5.74) is 0.184. The van der Waals surface area contributed by atoms with Crippen LogP contribution in [0, 0.1) is 0 Å². The van der Waals surface area contributed by atoms with Crippen molar-refractivity contribution in [3.63, 3.8) is 0 Å². The standard InChI is InChI=1S/C21H28N4O6S2/c1-24-12-14-25(15-13-24)33(29,30)20-5-3-4-17(16-20)21(26)22-10-11-23-32(27,28)19-8-6-18(31-2)7-9-19/h3-9,16,23H,10-15H2,1-2H3,(H,22,26). The van der Waals surface area contributed by atoms with Gasteiger partial charge in [-0.25, -0.2) is 21.6 Å². The molecule has 180 valence electrons. The lowest BCUT2D eigenvalue weighted by molar-refractivity contribution is 0.0954. The molecular formula is C21H28N4O6S2. The largest absolute Gasteiger partial charge is 0.497 e. The van der Waals surface area contributed by atoms with Gasteiger partial charge in [-0.15, -0.1) is 0 Å². The minimum absolute atomic E-state index is 0.0284. The number of piperazine rings is 1. The zero-order valence-electron chi connectivity index (χ0n) is 18.5. The second kappa shape index (κ2) is 10.6. The molecule has 10 nitrogen and oxygen atoms in total. The van der Waals surface area contributed by atoms with Crippen molar-refractivity contribution < 1.29 is 26.4 Å². The Balaban J connectivity index is 1.56. The molecule has 0 spiro atoms. The average Bonchev–Trinajstić information content (AvgIpc) is 2.82. The van der Waals surface area contributed by atoms with E-state index in [-0.39, 0.29) is 28.4 Å². The Morgan fingerprint density at radius 2 is 1.61 bits per heavy atom. The van der Waals surface area contributed by atoms with E-state index in [1.54, 1.807) is 12.1 Å². The summed E-state index contributed by atoms with van der Waals surface area (Å²) in [6.07, 6.45) is 0. The topological polar surface area (TPSA) is 125 Å². The van der Waals surface area contributed by atoms with Crippen LogP contribution < -0.4 is 14.8 Å². The van der Waals surface area contributed by atoms with Gasteiger partial charge in [-0.1, -0.05) is 6.07 Å². The lowest BCUT2D eigenvalue weighted by Crippen LogP contribution is -2.47. The number of nitrogens with one attached hydrogen (secondary N) is 2. The molecule has 2 aromatic carbocycles. The van der Waals surface area contributed by atoms with E-state index < -0.39 is 26.0 Å². The Labute approximate surface area is 194 Å². The van der Waals surface area contributed by atoms with E-state index in [0.717, 1.165) is 0 Å². The first-order valence-electron chi connectivity index (χ1n) is 10.3. The Kier molecular flexibility index (Phi) is 8.08. The molecule has 33 heavy (non-hydrogen) atoms. The summed E-state index contributed by atoms with van der Waals surface area (Å²) in [5.74, 6) is 0.0483. The number of methoxy groups -OCH3 is 1. The van der Waals surface area contributed by atoms with Gasteiger partial charge in [0.25, 0.3) is 5.91 Å². The molecule has 1 amide bonds. The van der Waals surface area contributed by atoms with Gasteiger partial charge >= 0.3 is 0 Å². The summed E-state index contributed by atoms with van der Waals surface area (Å²) in [6.45, 7) is 2.08. The zero-order chi connectivity index (χ0) is 24.1. The molecule has 0 atom stereocenters. The van der Waals surface area contributed by atoms with E-state index in [1.807, 2.05) is 7.05 Å². The average molecular weight is 497 g/mol. The third kappa shape index (κ3) is 6.30. The molecule has 1 aliphatic heterocycles. The smallest absolute Gasteiger partial charge is 0.251 e. The quantitative estimate of drug-likeness (QED) is 0.480. The molecule has 3 rings (SSSR count). The van der Waals surface area contributed by atoms with Gasteiger partial charge in [0.05, 0.1) is 16.9 Å². The van der Waals surface area contributed by atoms with Crippen molar-refractivity contribution >= 4 is 26.0 Å². The second-order valence-corrected chi connectivity index (χ2v) is 11.3. The van der Waals surface area contributed by atoms with Crippen LogP contribution in [-0.2, 0) is 20.0 Å². The lowest BCUT2D eigenvalue weighted by Gasteiger charge is -2.31. The van der Waals surface area contributed by atoms with E-state index in [0.29, 0.717) is 31.9 Å². The van der Waals surface area contributed by atoms with Crippen molar-refractivity contribution in [1.29, 1.82) is 0 Å². The zero-order valence-corrected chi connectivity index (χ0v) is 20.2. The van der Waals surface area contributed by atoms with E-state index in [4.69, 9.17) is 4.74 Å². The third-order valence-electron chi connectivity index (χ3n) is 5.27. The molecule has 1 aliphatic rings. The van der Waals surface area contributed by atoms with Crippen LogP contribution in [-0.4, -0.2) is 85.4 Å². The molecule has 2 aromatic rings. The second-order valence-electron chi connectivity index (χ2n) is 7.56. The fourth-order valence-corrected chi connectivity index (χ4v) is 5.78. The Morgan fingerprint density at radius 1 is 0.939 bits per heavy atom. The van der Waals surface area contributed by atoms with Crippen LogP contribution in [0.25, 0.3) is 0 Å². The number of likely N-dealkylation sites (N-methyl/N-ethyl adjacent to an activating group) is 1. The van der Waals surface area contributed by atoms with Crippen LogP contribution in [0.4, 0.5) is 0 Å². The van der Waals surface area contributed by atoms with Crippen molar-refractivity contribution in [1.82, 2.24) is 19.2 Å². The fraction of sp³-hybridized carbons (Fsp3) is 0.381. The molecule has 1 heterocycles. The number of benzene rings is 2. The third-order valence-corrected chi connectivity index (χ3v) is 8.64. The van der Waals surface area contributed by atoms with E-state index in [1.165, 1.54) is 47.8 Å². The highest BCUT2D eigenvalue weighted by atomic mass is 32.2. The van der Waals surface area contributed by atoms with Gasteiger partial charge in [0, 0.05) is 44.8 Å². The minimum Gasteiger partial charge on any atom is -0.497 e. The van der Waals surface area contributed by atoms with Gasteiger partial charge in [0.2, 0.25) is 20.0 Å². The number of amides is 1. The summed E-state index contributed by atoms with van der Waals surface area (Å²) in [4.78, 5) is 14.7. The van der Waals surface area contributed by atoms with E-state index in [2.05, 4.69) is 14.9 Å². The maximum Gasteiger partial charge on any atom is 0.251 e. The van der Waals surface area contributed by atoms with Crippen LogP contribution in [0.15, 0.2) is 58.3 Å². The number of rotatable bonds is 9. The summed E-state index contributed by atoms with van der Waals surface area (Å²) in [6, 6.07) is 11.8. The number of nitrogens with zero attached hydrogens (tertiary/aromatic N) is 2. The number of hydrogen-bond acceptors (Lipinski definition) is 7. The molecule has 1 fully saturated rings. The molecule has 0 aromatic heterocycles. The summed E-state index contributed by atoms with van der Waals surface area (Å²) in [5, 5.41) is 2.60. The van der Waals surface area contributed by atoms with Gasteiger partial charge in [0.1, 0.15) is 5.75 Å². The minimum atomic E-state index is -3.74. The highest BCUT2D eigenvalue weighted by Crippen LogP contribution is 2.19. The number of carbonyl (C=O) groups is 1. The molecular weight excluding hydrogens is 468 g/mol. The van der Waals surface area contributed by atoms with Gasteiger partial charge in [-0.2, -0.15) is 4.31 Å². The van der Waals surface area contributed by atoms with Gasteiger partial charge in [0.15, 0.2) is 0 Å². The van der Waals surface area contributed by atoms with Crippen molar-refractivity contribution in [2.75, 3.05) is 53.4 Å². The lowest BCUT2D eigenvalue weighted by atomic mass is 10.2. The molecule has 0 unspecified atom stereocenters. The number of hydrogen-bond donors (Lipinski definition) is 2. The maximum atomic E-state index is 12.9. The molecule has 12 heteroatoms. The number of sulfonamides is 2. The van der Waals surface area contributed by atoms with Crippen LogP contribution >= 0.6 is 0 Å². The normalized spacial score (nSPS) is 15.8. The predicted molar refractivity (Wildman–Crippen MR) is 123 cm³/mol. The molecule has 0 saturated carbocycles. The van der Waals surface area contributed by atoms with E-state index >= 15 is 0 Å². The number of carbonyl (C=O) groups excluding carboxylic acids is 1. The van der Waals surface area contributed by atoms with Crippen molar-refractivity contribution in [2.45, 2.75) is 9.79 Å². The van der Waals surface area contributed by atoms with Gasteiger partial charge in [-0.3, -0.25) is 4.79 Å². The Hall–Kier alpha value is -2.51. The highest BCUT2D eigenvalue weighted by Gasteiger charge is 2.28. The highest BCUT2D eigenvalue weighted by molar-refractivity contribution is 7.89. The summed E-state index contributed by atoms with van der Waals surface area (Å²) >= 11 is 0. The first-order chi connectivity index (χ1) is 15.6. The van der Waals surface area contributed by atoms with Crippen molar-refractivity contribution in [3.05, 3.63) is 54.1 Å². The molecule has 0 aliphatic carbocycles. The summed E-state index contributed by atoms with van der Waals surface area (Å²) in [7, 11) is -4.01. The number of ether oxygens (including phenoxy) is 1. The predicted octanol–water partition coefficient (Wildman–Crippen LogP) is 0.340. The Morgan fingerprint density at radius 3 is 2.24 bits per heavy atom.